The van der Waals surface area contributed by atoms with Crippen LogP contribution in [0.2, 0.25) is 0 Å². The van der Waals surface area contributed by atoms with Gasteiger partial charge in [0.25, 0.3) is 0 Å². The summed E-state index contributed by atoms with van der Waals surface area (Å²) < 4.78 is 30.0. The summed E-state index contributed by atoms with van der Waals surface area (Å²) in [6.45, 7) is 0.369. The van der Waals surface area contributed by atoms with Crippen LogP contribution in [0.15, 0.2) is 59.5 Å². The molecule has 0 heterocycles. The average molecular weight is 264 g/mol. The Balaban J connectivity index is 1.84. The molecule has 0 amide bonds. The summed E-state index contributed by atoms with van der Waals surface area (Å²) in [5.41, 5.74) is 0. The Hall–Kier alpha value is -1.68. The fourth-order valence-electron chi connectivity index (χ4n) is 1.46. The highest BCUT2D eigenvalue weighted by Gasteiger charge is 2.04. The number of ether oxygens (including phenoxy) is 1. The second-order valence-electron chi connectivity index (χ2n) is 3.67. The fraction of sp³-hybridized carbons (Fsp3) is 0.143. The lowest BCUT2D eigenvalue weighted by molar-refractivity contribution is 0.342. The molecule has 2 aromatic carbocycles. The first-order valence-electron chi connectivity index (χ1n) is 5.57. The van der Waals surface area contributed by atoms with Gasteiger partial charge in [0.15, 0.2) is 0 Å². The van der Waals surface area contributed by atoms with Gasteiger partial charge in [-0.2, -0.15) is 0 Å². The molecule has 0 saturated heterocycles. The van der Waals surface area contributed by atoms with E-state index in [0.717, 1.165) is 5.75 Å². The molecule has 94 valence electrons. The van der Waals surface area contributed by atoms with E-state index >= 15 is 0 Å². The SMILES string of the molecule is O=S(CCOc1ccccc1)c1ccc(F)cc1. The highest BCUT2D eigenvalue weighted by molar-refractivity contribution is 7.85. The number of hydrogen-bond donors (Lipinski definition) is 0. The molecule has 0 bridgehead atoms. The van der Waals surface area contributed by atoms with E-state index in [-0.39, 0.29) is 5.82 Å². The Morgan fingerprint density at radius 1 is 1.00 bits per heavy atom. The van der Waals surface area contributed by atoms with E-state index in [1.807, 2.05) is 30.3 Å². The maximum absolute atomic E-state index is 12.7. The monoisotopic (exact) mass is 264 g/mol. The summed E-state index contributed by atoms with van der Waals surface area (Å²) in [5.74, 6) is 0.824. The summed E-state index contributed by atoms with van der Waals surface area (Å²) in [7, 11) is -1.16. The van der Waals surface area contributed by atoms with E-state index in [0.29, 0.717) is 17.3 Å². The van der Waals surface area contributed by atoms with Gasteiger partial charge in [-0.3, -0.25) is 4.21 Å². The lowest BCUT2D eigenvalue weighted by atomic mass is 10.3. The van der Waals surface area contributed by atoms with Gasteiger partial charge in [-0.15, -0.1) is 0 Å². The third-order valence-electron chi connectivity index (χ3n) is 2.36. The first-order valence-corrected chi connectivity index (χ1v) is 6.89. The second-order valence-corrected chi connectivity index (χ2v) is 5.24. The zero-order valence-corrected chi connectivity index (χ0v) is 10.5. The van der Waals surface area contributed by atoms with Crippen LogP contribution in [0.1, 0.15) is 0 Å². The van der Waals surface area contributed by atoms with Crippen molar-refractivity contribution in [1.82, 2.24) is 0 Å². The van der Waals surface area contributed by atoms with Crippen LogP contribution in [0.25, 0.3) is 0 Å². The minimum Gasteiger partial charge on any atom is -0.493 e. The number of benzene rings is 2. The maximum Gasteiger partial charge on any atom is 0.123 e. The van der Waals surface area contributed by atoms with Gasteiger partial charge in [0.05, 0.1) is 16.6 Å². The summed E-state index contributed by atoms with van der Waals surface area (Å²) in [6.07, 6.45) is 0. The molecular formula is C14H13FO2S. The molecular weight excluding hydrogens is 251 g/mol. The molecule has 0 radical (unpaired) electrons. The van der Waals surface area contributed by atoms with Crippen molar-refractivity contribution in [3.05, 3.63) is 60.4 Å². The molecule has 0 aromatic heterocycles. The fourth-order valence-corrected chi connectivity index (χ4v) is 2.37. The Kier molecular flexibility index (Phi) is 4.47. The lowest BCUT2D eigenvalue weighted by Gasteiger charge is -2.05. The summed E-state index contributed by atoms with van der Waals surface area (Å²) in [5, 5.41) is 0. The van der Waals surface area contributed by atoms with Gasteiger partial charge >= 0.3 is 0 Å². The number of halogens is 1. The molecule has 1 unspecified atom stereocenters. The van der Waals surface area contributed by atoms with Gasteiger partial charge in [-0.25, -0.2) is 4.39 Å². The minimum absolute atomic E-state index is 0.323. The van der Waals surface area contributed by atoms with Crippen molar-refractivity contribution >= 4 is 10.8 Å². The standard InChI is InChI=1S/C14H13FO2S/c15-12-6-8-14(9-7-12)18(16)11-10-17-13-4-2-1-3-5-13/h1-9H,10-11H2. The van der Waals surface area contributed by atoms with Crippen LogP contribution in [-0.4, -0.2) is 16.6 Å². The third-order valence-corrected chi connectivity index (χ3v) is 3.69. The molecule has 18 heavy (non-hydrogen) atoms. The molecule has 1 atom stereocenters. The average Bonchev–Trinajstić information content (AvgIpc) is 2.40. The summed E-state index contributed by atoms with van der Waals surface area (Å²) >= 11 is 0. The van der Waals surface area contributed by atoms with Crippen LogP contribution in [0.5, 0.6) is 5.75 Å². The predicted molar refractivity (Wildman–Crippen MR) is 69.6 cm³/mol. The molecule has 0 aliphatic heterocycles. The van der Waals surface area contributed by atoms with Gasteiger partial charge in [0.1, 0.15) is 18.2 Å². The molecule has 2 aromatic rings. The molecule has 0 N–H and O–H groups in total. The van der Waals surface area contributed by atoms with Gasteiger partial charge in [-0.1, -0.05) is 18.2 Å². The zero-order valence-electron chi connectivity index (χ0n) is 9.71. The highest BCUT2D eigenvalue weighted by atomic mass is 32.2. The summed E-state index contributed by atoms with van der Waals surface area (Å²) in [4.78, 5) is 0.619. The van der Waals surface area contributed by atoms with Crippen molar-refractivity contribution in [3.63, 3.8) is 0 Å². The second kappa shape index (κ2) is 6.31. The first kappa shape index (κ1) is 12.8. The van der Waals surface area contributed by atoms with Crippen LogP contribution < -0.4 is 4.74 Å². The van der Waals surface area contributed by atoms with Crippen molar-refractivity contribution in [2.24, 2.45) is 0 Å². The van der Waals surface area contributed by atoms with E-state index < -0.39 is 10.8 Å². The van der Waals surface area contributed by atoms with Crippen molar-refractivity contribution in [3.8, 4) is 5.75 Å². The third kappa shape index (κ3) is 3.67. The molecule has 0 fully saturated rings. The quantitative estimate of drug-likeness (QED) is 0.829. The Labute approximate surface area is 108 Å². The number of rotatable bonds is 5. The lowest BCUT2D eigenvalue weighted by Crippen LogP contribution is -2.08. The van der Waals surface area contributed by atoms with Crippen molar-refractivity contribution < 1.29 is 13.3 Å². The van der Waals surface area contributed by atoms with Crippen molar-refractivity contribution in [2.45, 2.75) is 4.90 Å². The number of hydrogen-bond acceptors (Lipinski definition) is 2. The molecule has 0 saturated carbocycles. The molecule has 0 spiro atoms. The minimum atomic E-state index is -1.16. The molecule has 2 nitrogen and oxygen atoms in total. The number of para-hydroxylation sites is 1. The highest BCUT2D eigenvalue weighted by Crippen LogP contribution is 2.10. The molecule has 0 aliphatic carbocycles. The Morgan fingerprint density at radius 2 is 1.67 bits per heavy atom. The molecule has 0 aliphatic rings. The van der Waals surface area contributed by atoms with E-state index in [1.165, 1.54) is 24.3 Å². The largest absolute Gasteiger partial charge is 0.493 e. The van der Waals surface area contributed by atoms with Crippen molar-refractivity contribution in [2.75, 3.05) is 12.4 Å². The normalized spacial score (nSPS) is 12.1. The summed E-state index contributed by atoms with van der Waals surface area (Å²) in [6, 6.07) is 15.1. The molecule has 2 rings (SSSR count). The smallest absolute Gasteiger partial charge is 0.123 e. The zero-order chi connectivity index (χ0) is 12.8. The van der Waals surface area contributed by atoms with Gasteiger partial charge in [-0.05, 0) is 36.4 Å². The van der Waals surface area contributed by atoms with E-state index in [9.17, 15) is 8.60 Å². The van der Waals surface area contributed by atoms with E-state index in [2.05, 4.69) is 0 Å². The molecule has 4 heteroatoms. The van der Waals surface area contributed by atoms with Crippen LogP contribution in [0, 0.1) is 5.82 Å². The van der Waals surface area contributed by atoms with Gasteiger partial charge in [0, 0.05) is 4.90 Å². The van der Waals surface area contributed by atoms with Crippen LogP contribution in [0.4, 0.5) is 4.39 Å². The van der Waals surface area contributed by atoms with Gasteiger partial charge < -0.3 is 4.74 Å². The topological polar surface area (TPSA) is 26.3 Å². The van der Waals surface area contributed by atoms with Crippen LogP contribution in [-0.2, 0) is 10.8 Å². The van der Waals surface area contributed by atoms with Crippen molar-refractivity contribution in [1.29, 1.82) is 0 Å². The first-order chi connectivity index (χ1) is 8.75. The van der Waals surface area contributed by atoms with Crippen LogP contribution in [0.3, 0.4) is 0 Å². The Morgan fingerprint density at radius 3 is 2.33 bits per heavy atom. The predicted octanol–water partition coefficient (Wildman–Crippen LogP) is 3.01. The van der Waals surface area contributed by atoms with E-state index in [1.54, 1.807) is 0 Å². The Bertz CT molecular complexity index is 511. The van der Waals surface area contributed by atoms with Gasteiger partial charge in [0.2, 0.25) is 0 Å². The maximum atomic E-state index is 12.7. The van der Waals surface area contributed by atoms with E-state index in [4.69, 9.17) is 4.74 Å². The van der Waals surface area contributed by atoms with Crippen LogP contribution >= 0.6 is 0 Å².